The summed E-state index contributed by atoms with van der Waals surface area (Å²) >= 11 is 0. The largest absolute Gasteiger partial charge is 0.458 e. The summed E-state index contributed by atoms with van der Waals surface area (Å²) in [6, 6.07) is 9.91. The molecule has 3 unspecified atom stereocenters. The lowest BCUT2D eigenvalue weighted by molar-refractivity contribution is -0.172. The van der Waals surface area contributed by atoms with Crippen molar-refractivity contribution in [1.29, 1.82) is 0 Å². The molecular weight excluding hydrogens is 1010 g/mol. The molecule has 5 heterocycles. The highest BCUT2D eigenvalue weighted by atomic mass is 19.1. The summed E-state index contributed by atoms with van der Waals surface area (Å²) in [6.07, 6.45) is 6.17. The number of unbranched alkanes of at least 4 members (excludes halogenated alkanes) is 2. The topological polar surface area (TPSA) is 303 Å². The van der Waals surface area contributed by atoms with E-state index in [-0.39, 0.29) is 61.9 Å². The fourth-order valence-electron chi connectivity index (χ4n) is 10.7. The zero-order valence-corrected chi connectivity index (χ0v) is 43.1. The molecule has 22 nitrogen and oxygen atoms in total. The Morgan fingerprint density at radius 3 is 2.29 bits per heavy atom. The lowest BCUT2D eigenvalue weighted by Crippen LogP contribution is -2.56. The molecule has 9 rings (SSSR count). The van der Waals surface area contributed by atoms with Gasteiger partial charge in [0.05, 0.1) is 54.7 Å². The van der Waals surface area contributed by atoms with Crippen LogP contribution in [0.4, 0.5) is 4.39 Å². The number of benzene rings is 2. The Bertz CT molecular complexity index is 3230. The Morgan fingerprint density at radius 2 is 1.58 bits per heavy atom. The van der Waals surface area contributed by atoms with E-state index in [4.69, 9.17) is 14.5 Å². The highest BCUT2D eigenvalue weighted by Crippen LogP contribution is 2.47. The van der Waals surface area contributed by atoms with Gasteiger partial charge in [-0.1, -0.05) is 43.7 Å². The van der Waals surface area contributed by atoms with E-state index in [2.05, 4.69) is 31.9 Å². The van der Waals surface area contributed by atoms with E-state index >= 15 is 4.39 Å². The van der Waals surface area contributed by atoms with E-state index in [0.29, 0.717) is 95.9 Å². The number of cyclic esters (lactones) is 1. The van der Waals surface area contributed by atoms with Crippen molar-refractivity contribution in [3.8, 4) is 11.4 Å². The minimum Gasteiger partial charge on any atom is -0.458 e. The molecule has 3 atom stereocenters. The van der Waals surface area contributed by atoms with Crippen LogP contribution in [0.15, 0.2) is 59.4 Å². The van der Waals surface area contributed by atoms with Crippen molar-refractivity contribution in [2.75, 3.05) is 32.9 Å². The first kappa shape index (κ1) is 54.6. The second-order valence-corrected chi connectivity index (χ2v) is 20.2. The number of rotatable bonds is 22. The number of aryl methyl sites for hydroxylation is 1. The van der Waals surface area contributed by atoms with Gasteiger partial charge in [0.2, 0.25) is 29.5 Å². The number of nitrogens with one attached hydrogen (secondary N) is 6. The van der Waals surface area contributed by atoms with Crippen LogP contribution in [0.3, 0.4) is 0 Å². The SMILES string of the molecule is CCC1(O)C(=O)OCc2c1cc1n(c2=O)Cc2c-1nc1cc(F)c(C)c3c1c2C(NC(=O)C1(OCNC(=O)CNC(=O)C(Cc2ccccc2)NC(=O)CNC(=O)CNC(=O)CCCCCN2C(=O)C=CC2=O)CCC1)CC3. The Labute approximate surface area is 446 Å². The minimum absolute atomic E-state index is 0.0391. The number of amides is 8. The number of aliphatic hydroxyl groups is 1. The van der Waals surface area contributed by atoms with E-state index in [1.54, 1.807) is 50.2 Å². The van der Waals surface area contributed by atoms with Gasteiger partial charge in [-0.2, -0.15) is 0 Å². The van der Waals surface area contributed by atoms with Crippen LogP contribution in [0, 0.1) is 12.7 Å². The van der Waals surface area contributed by atoms with E-state index < -0.39 is 102 Å². The van der Waals surface area contributed by atoms with Gasteiger partial charge in [0, 0.05) is 54.1 Å². The molecular formula is C55H60FN9O13. The summed E-state index contributed by atoms with van der Waals surface area (Å²) in [4.78, 5) is 135. The third-order valence-corrected chi connectivity index (χ3v) is 15.3. The van der Waals surface area contributed by atoms with Crippen molar-refractivity contribution >= 4 is 64.1 Å². The Kier molecular flexibility index (Phi) is 16.0. The summed E-state index contributed by atoms with van der Waals surface area (Å²) in [5.41, 5.74) is 0.628. The van der Waals surface area contributed by atoms with Crippen LogP contribution in [0.5, 0.6) is 0 Å². The number of aromatic nitrogens is 2. The van der Waals surface area contributed by atoms with Crippen molar-refractivity contribution < 1.29 is 62.1 Å². The smallest absolute Gasteiger partial charge is 0.343 e. The van der Waals surface area contributed by atoms with Crippen molar-refractivity contribution in [2.24, 2.45) is 0 Å². The molecule has 0 spiro atoms. The fourth-order valence-corrected chi connectivity index (χ4v) is 10.7. The molecule has 23 heteroatoms. The summed E-state index contributed by atoms with van der Waals surface area (Å²) in [5, 5.41) is 27.9. The summed E-state index contributed by atoms with van der Waals surface area (Å²) < 4.78 is 28.4. The first-order valence-corrected chi connectivity index (χ1v) is 26.1. The molecule has 1 fully saturated rings. The van der Waals surface area contributed by atoms with Gasteiger partial charge >= 0.3 is 5.97 Å². The van der Waals surface area contributed by atoms with Gasteiger partial charge in [0.15, 0.2) is 5.60 Å². The monoisotopic (exact) mass is 1070 g/mol. The van der Waals surface area contributed by atoms with Crippen molar-refractivity contribution in [2.45, 2.75) is 121 Å². The minimum atomic E-state index is -2.06. The zero-order chi connectivity index (χ0) is 55.5. The number of carbonyl (C=O) groups is 9. The van der Waals surface area contributed by atoms with Crippen LogP contribution in [0.2, 0.25) is 0 Å². The van der Waals surface area contributed by atoms with Gasteiger partial charge in [-0.3, -0.25) is 48.1 Å². The molecule has 78 heavy (non-hydrogen) atoms. The molecule has 3 aliphatic heterocycles. The third-order valence-electron chi connectivity index (χ3n) is 15.3. The molecule has 5 aliphatic rings. The number of hydrogen-bond acceptors (Lipinski definition) is 14. The normalized spacial score (nSPS) is 18.7. The average molecular weight is 1070 g/mol. The predicted octanol–water partition coefficient (Wildman–Crippen LogP) is 1.21. The number of fused-ring (bicyclic) bond motifs is 5. The second kappa shape index (κ2) is 22.8. The molecule has 2 aromatic heterocycles. The Hall–Kier alpha value is -8.18. The van der Waals surface area contributed by atoms with Crippen LogP contribution in [0.25, 0.3) is 22.3 Å². The van der Waals surface area contributed by atoms with Crippen LogP contribution in [-0.2, 0) is 84.2 Å². The standard InChI is InChI=1S/C55H60FN9O13/c1-3-55(76)35-22-40-49-33(27-65(40)51(73)34(35)28-77-53(55)75)48-37(15-14-32-30(2)36(56)23-38(62-49)47(32)48)63-52(74)54(18-10-19-54)78-29-60-43(68)25-59-50(72)39(21-31-11-6-4-7-12-31)61-44(69)26-58-42(67)24-57-41(66)13-8-5-9-20-64-45(70)16-17-46(64)71/h4,6-7,11-12,16-17,22-23,37,39,76H,3,5,8-10,13-15,18-21,24-29H2,1-2H3,(H,57,66)(H,58,67)(H,59,72)(H,60,68)(H,61,69)(H,63,74). The maximum Gasteiger partial charge on any atom is 0.343 e. The summed E-state index contributed by atoms with van der Waals surface area (Å²) in [7, 11) is 0. The molecule has 1 saturated carbocycles. The van der Waals surface area contributed by atoms with Crippen molar-refractivity contribution in [3.63, 3.8) is 0 Å². The van der Waals surface area contributed by atoms with Gasteiger partial charge in [-0.05, 0) is 86.6 Å². The Morgan fingerprint density at radius 1 is 0.872 bits per heavy atom. The fraction of sp³-hybridized carbons (Fsp3) is 0.436. The number of esters is 1. The third kappa shape index (κ3) is 11.0. The summed E-state index contributed by atoms with van der Waals surface area (Å²) in [6.45, 7) is 1.45. The van der Waals surface area contributed by atoms with Crippen LogP contribution < -0.4 is 37.5 Å². The zero-order valence-electron chi connectivity index (χ0n) is 43.1. The number of ether oxygens (including phenoxy) is 2. The highest BCUT2D eigenvalue weighted by molar-refractivity contribution is 6.12. The molecule has 2 aliphatic carbocycles. The molecule has 4 aromatic rings. The number of nitrogens with zero attached hydrogens (tertiary/aromatic N) is 3. The van der Waals surface area contributed by atoms with Gasteiger partial charge < -0.3 is 51.0 Å². The second-order valence-electron chi connectivity index (χ2n) is 20.2. The number of imide groups is 1. The lowest BCUT2D eigenvalue weighted by Gasteiger charge is -2.41. The van der Waals surface area contributed by atoms with E-state index in [0.717, 1.165) is 10.5 Å². The maximum atomic E-state index is 15.5. The van der Waals surface area contributed by atoms with Gasteiger partial charge in [-0.15, -0.1) is 0 Å². The first-order chi connectivity index (χ1) is 37.4. The number of halogens is 1. The molecule has 8 amide bonds. The van der Waals surface area contributed by atoms with E-state index in [1.807, 2.05) is 0 Å². The molecule has 7 N–H and O–H groups in total. The Balaban J connectivity index is 0.779. The van der Waals surface area contributed by atoms with Crippen LogP contribution in [0.1, 0.15) is 110 Å². The molecule has 0 saturated heterocycles. The van der Waals surface area contributed by atoms with Gasteiger partial charge in [0.25, 0.3) is 23.3 Å². The first-order valence-electron chi connectivity index (χ1n) is 26.1. The number of hydrogen-bond donors (Lipinski definition) is 7. The van der Waals surface area contributed by atoms with Crippen molar-refractivity contribution in [3.05, 3.63) is 110 Å². The molecule has 2 aromatic carbocycles. The lowest BCUT2D eigenvalue weighted by atomic mass is 9.77. The van der Waals surface area contributed by atoms with Crippen LogP contribution >= 0.6 is 0 Å². The van der Waals surface area contributed by atoms with Gasteiger partial charge in [-0.25, -0.2) is 14.2 Å². The quantitative estimate of drug-likeness (QED) is 0.0222. The van der Waals surface area contributed by atoms with E-state index in [1.165, 1.54) is 22.8 Å². The summed E-state index contributed by atoms with van der Waals surface area (Å²) in [5.74, 6) is -5.63. The number of carbonyl (C=O) groups excluding carboxylic acids is 9. The predicted molar refractivity (Wildman–Crippen MR) is 275 cm³/mol. The maximum absolute atomic E-state index is 15.5. The van der Waals surface area contributed by atoms with Crippen molar-refractivity contribution in [1.82, 2.24) is 46.4 Å². The molecule has 0 radical (unpaired) electrons. The number of pyridine rings is 2. The van der Waals surface area contributed by atoms with Gasteiger partial charge in [0.1, 0.15) is 30.8 Å². The van der Waals surface area contributed by atoms with Crippen LogP contribution in [-0.4, -0.2) is 117 Å². The van der Waals surface area contributed by atoms with E-state index in [9.17, 15) is 53.1 Å². The molecule has 0 bridgehead atoms. The average Bonchev–Trinajstić information content (AvgIpc) is 4.11. The molecule has 410 valence electrons. The highest BCUT2D eigenvalue weighted by Gasteiger charge is 2.48.